The van der Waals surface area contributed by atoms with E-state index >= 15 is 0 Å². The highest BCUT2D eigenvalue weighted by Gasteiger charge is 2.24. The van der Waals surface area contributed by atoms with Crippen molar-refractivity contribution in [1.82, 2.24) is 9.55 Å². The molecule has 11 heteroatoms. The molecule has 8 nitrogen and oxygen atoms in total. The van der Waals surface area contributed by atoms with Gasteiger partial charge in [-0.2, -0.15) is 0 Å². The molecule has 0 radical (unpaired) electrons. The summed E-state index contributed by atoms with van der Waals surface area (Å²) in [5, 5.41) is 15.3. The molecule has 36 heavy (non-hydrogen) atoms. The normalized spacial score (nSPS) is 12.9. The molecule has 0 saturated carbocycles. The molecule has 0 fully saturated rings. The number of benzene rings is 2. The number of aromatic nitrogens is 2. The number of carbonyl (C=O) groups is 1. The predicted octanol–water partition coefficient (Wildman–Crippen LogP) is 5.93. The van der Waals surface area contributed by atoms with Crippen LogP contribution in [-0.2, 0) is 17.6 Å². The first-order valence-corrected chi connectivity index (χ1v) is 13.5. The van der Waals surface area contributed by atoms with Crippen LogP contribution < -0.4 is 10.9 Å². The number of fused-ring (bicyclic) bond motifs is 3. The number of aryl methyl sites for hydroxylation is 2. The van der Waals surface area contributed by atoms with Gasteiger partial charge in [-0.1, -0.05) is 35.5 Å². The van der Waals surface area contributed by atoms with Crippen molar-refractivity contribution in [3.63, 3.8) is 0 Å². The summed E-state index contributed by atoms with van der Waals surface area (Å²) < 4.78 is 1.55. The van der Waals surface area contributed by atoms with Gasteiger partial charge < -0.3 is 5.32 Å². The molecular formula is C25H21ClN4O4S2. The van der Waals surface area contributed by atoms with Crippen molar-refractivity contribution in [1.29, 1.82) is 0 Å². The molecule has 1 aliphatic rings. The molecular weight excluding hydrogens is 520 g/mol. The van der Waals surface area contributed by atoms with Gasteiger partial charge in [-0.3, -0.25) is 24.3 Å². The first-order chi connectivity index (χ1) is 17.3. The second-order valence-electron chi connectivity index (χ2n) is 8.45. The zero-order valence-corrected chi connectivity index (χ0v) is 21.6. The number of nitrogens with one attached hydrogen (secondary N) is 1. The van der Waals surface area contributed by atoms with Gasteiger partial charge in [0, 0.05) is 27.7 Å². The van der Waals surface area contributed by atoms with Crippen molar-refractivity contribution >= 4 is 62.2 Å². The fourth-order valence-electron chi connectivity index (χ4n) is 4.36. The number of nitrogens with zero attached hydrogens (tertiary/aromatic N) is 3. The standard InChI is InChI=1S/C25H21ClN4O4S2/c1-14-18(26)9-5-10-19(14)29-24(32)22-17-8-2-3-11-20(17)36-23(22)28-25(29)35-13-21(31)27-15-6-4-7-16(12-15)30(33)34/h4-7,9-10,12H,2-3,8,11,13H2,1H3,(H,27,31). The average molecular weight is 541 g/mol. The van der Waals surface area contributed by atoms with Crippen LogP contribution in [0.5, 0.6) is 0 Å². The lowest BCUT2D eigenvalue weighted by Gasteiger charge is -2.16. The number of thiophene rings is 1. The van der Waals surface area contributed by atoms with Crippen LogP contribution >= 0.6 is 34.7 Å². The lowest BCUT2D eigenvalue weighted by molar-refractivity contribution is -0.384. The van der Waals surface area contributed by atoms with Crippen molar-refractivity contribution in [2.45, 2.75) is 37.8 Å². The Kier molecular flexibility index (Phi) is 6.83. The van der Waals surface area contributed by atoms with E-state index in [4.69, 9.17) is 16.6 Å². The summed E-state index contributed by atoms with van der Waals surface area (Å²) in [5.74, 6) is -0.402. The average Bonchev–Trinajstić information content (AvgIpc) is 3.24. The number of hydrogen-bond donors (Lipinski definition) is 1. The maximum atomic E-state index is 13.9. The van der Waals surface area contributed by atoms with Gasteiger partial charge in [0.15, 0.2) is 5.16 Å². The van der Waals surface area contributed by atoms with E-state index in [-0.39, 0.29) is 22.9 Å². The molecule has 0 aliphatic heterocycles. The van der Waals surface area contributed by atoms with Crippen LogP contribution in [0.4, 0.5) is 11.4 Å². The summed E-state index contributed by atoms with van der Waals surface area (Å²) in [7, 11) is 0. The van der Waals surface area contributed by atoms with Crippen LogP contribution in [0.3, 0.4) is 0 Å². The van der Waals surface area contributed by atoms with Gasteiger partial charge in [0.05, 0.1) is 21.7 Å². The van der Waals surface area contributed by atoms with Gasteiger partial charge >= 0.3 is 0 Å². The van der Waals surface area contributed by atoms with Crippen molar-refractivity contribution < 1.29 is 9.72 Å². The SMILES string of the molecule is Cc1c(Cl)cccc1-n1c(SCC(=O)Nc2cccc([N+](=O)[O-])c2)nc2sc3c(c2c1=O)CCCC3. The maximum absolute atomic E-state index is 13.9. The van der Waals surface area contributed by atoms with Crippen LogP contribution in [0.25, 0.3) is 15.9 Å². The first kappa shape index (κ1) is 24.5. The number of amides is 1. The third kappa shape index (κ3) is 4.63. The second-order valence-corrected chi connectivity index (χ2v) is 10.9. The van der Waals surface area contributed by atoms with E-state index in [2.05, 4.69) is 5.32 Å². The Balaban J connectivity index is 1.53. The Morgan fingerprint density at radius 3 is 2.83 bits per heavy atom. The topological polar surface area (TPSA) is 107 Å². The molecule has 2 aromatic carbocycles. The zero-order chi connectivity index (χ0) is 25.4. The Labute approximate surface area is 219 Å². The lowest BCUT2D eigenvalue weighted by atomic mass is 9.97. The minimum atomic E-state index is -0.518. The summed E-state index contributed by atoms with van der Waals surface area (Å²) in [6, 6.07) is 11.1. The highest BCUT2D eigenvalue weighted by molar-refractivity contribution is 7.99. The van der Waals surface area contributed by atoms with Crippen LogP contribution in [0.2, 0.25) is 5.02 Å². The number of non-ortho nitro benzene ring substituents is 1. The minimum Gasteiger partial charge on any atom is -0.325 e. The molecule has 5 rings (SSSR count). The number of thioether (sulfide) groups is 1. The molecule has 184 valence electrons. The monoisotopic (exact) mass is 540 g/mol. The molecule has 0 saturated heterocycles. The number of nitro groups is 1. The molecule has 1 aliphatic carbocycles. The first-order valence-electron chi connectivity index (χ1n) is 11.3. The predicted molar refractivity (Wildman–Crippen MR) is 144 cm³/mol. The third-order valence-electron chi connectivity index (χ3n) is 6.11. The molecule has 0 unspecified atom stereocenters. The number of halogens is 1. The van der Waals surface area contributed by atoms with Gasteiger partial charge in [-0.15, -0.1) is 11.3 Å². The number of carbonyl (C=O) groups excluding carboxylic acids is 1. The molecule has 0 bridgehead atoms. The lowest BCUT2D eigenvalue weighted by Crippen LogP contribution is -2.24. The summed E-state index contributed by atoms with van der Waals surface area (Å²) >= 11 is 9.07. The molecule has 0 atom stereocenters. The van der Waals surface area contributed by atoms with Crippen molar-refractivity contribution in [2.24, 2.45) is 0 Å². The number of nitro benzene ring substituents is 1. The molecule has 1 N–H and O–H groups in total. The Hall–Kier alpha value is -3.21. The number of anilines is 1. The van der Waals surface area contributed by atoms with E-state index < -0.39 is 4.92 Å². The van der Waals surface area contributed by atoms with Gasteiger partial charge in [0.2, 0.25) is 5.91 Å². The minimum absolute atomic E-state index is 0.0364. The number of rotatable bonds is 6. The smallest absolute Gasteiger partial charge is 0.271 e. The second kappa shape index (κ2) is 10.0. The molecule has 2 heterocycles. The van der Waals surface area contributed by atoms with Gasteiger partial charge in [-0.05, 0) is 61.9 Å². The van der Waals surface area contributed by atoms with E-state index in [0.717, 1.165) is 48.6 Å². The maximum Gasteiger partial charge on any atom is 0.271 e. The summed E-state index contributed by atoms with van der Waals surface area (Å²) in [6.07, 6.45) is 3.95. The van der Waals surface area contributed by atoms with Crippen molar-refractivity contribution in [2.75, 3.05) is 11.1 Å². The van der Waals surface area contributed by atoms with Crippen molar-refractivity contribution in [3.05, 3.63) is 84.0 Å². The van der Waals surface area contributed by atoms with E-state index in [9.17, 15) is 19.7 Å². The molecule has 0 spiro atoms. The Morgan fingerprint density at radius 1 is 1.25 bits per heavy atom. The largest absolute Gasteiger partial charge is 0.325 e. The quantitative estimate of drug-likeness (QED) is 0.141. The van der Waals surface area contributed by atoms with Gasteiger partial charge in [0.25, 0.3) is 11.2 Å². The zero-order valence-electron chi connectivity index (χ0n) is 19.2. The van der Waals surface area contributed by atoms with Crippen LogP contribution in [0.15, 0.2) is 52.4 Å². The van der Waals surface area contributed by atoms with E-state index in [1.807, 2.05) is 13.0 Å². The Morgan fingerprint density at radius 2 is 2.03 bits per heavy atom. The van der Waals surface area contributed by atoms with Crippen LogP contribution in [0.1, 0.15) is 28.8 Å². The van der Waals surface area contributed by atoms with E-state index in [0.29, 0.717) is 31.8 Å². The fraction of sp³-hybridized carbons (Fsp3) is 0.240. The molecule has 4 aromatic rings. The summed E-state index contributed by atoms with van der Waals surface area (Å²) in [6.45, 7) is 1.85. The summed E-state index contributed by atoms with van der Waals surface area (Å²) in [4.78, 5) is 43.8. The van der Waals surface area contributed by atoms with Gasteiger partial charge in [0.1, 0.15) is 4.83 Å². The van der Waals surface area contributed by atoms with E-state index in [1.165, 1.54) is 23.1 Å². The molecule has 1 amide bonds. The van der Waals surface area contributed by atoms with Crippen molar-refractivity contribution in [3.8, 4) is 5.69 Å². The van der Waals surface area contributed by atoms with Crippen LogP contribution in [-0.4, -0.2) is 26.1 Å². The van der Waals surface area contributed by atoms with Gasteiger partial charge in [-0.25, -0.2) is 4.98 Å². The third-order valence-corrected chi connectivity index (χ3v) is 8.64. The Bertz CT molecular complexity index is 1580. The number of hydrogen-bond acceptors (Lipinski definition) is 7. The summed E-state index contributed by atoms with van der Waals surface area (Å²) in [5.41, 5.74) is 2.51. The highest BCUT2D eigenvalue weighted by atomic mass is 35.5. The van der Waals surface area contributed by atoms with Crippen LogP contribution in [0, 0.1) is 17.0 Å². The van der Waals surface area contributed by atoms with E-state index in [1.54, 1.807) is 34.1 Å². The fourth-order valence-corrected chi connectivity index (χ4v) is 6.64. The highest BCUT2D eigenvalue weighted by Crippen LogP contribution is 2.36. The molecule has 2 aromatic heterocycles.